The fourth-order valence-electron chi connectivity index (χ4n) is 0.808. The van der Waals surface area contributed by atoms with Gasteiger partial charge >= 0.3 is 0 Å². The fourth-order valence-corrected chi connectivity index (χ4v) is 2.26. The zero-order valence-electron chi connectivity index (χ0n) is 7.58. The van der Waals surface area contributed by atoms with Crippen molar-refractivity contribution in [3.05, 3.63) is 0 Å². The van der Waals surface area contributed by atoms with Crippen molar-refractivity contribution in [2.24, 2.45) is 0 Å². The fraction of sp³-hybridized carbons (Fsp3) is 0.875. The van der Waals surface area contributed by atoms with E-state index in [1.165, 1.54) is 0 Å². The number of rotatable bonds is 5. The third-order valence-corrected chi connectivity index (χ3v) is 4.32. The van der Waals surface area contributed by atoms with Gasteiger partial charge < -0.3 is 0 Å². The molecule has 12 heavy (non-hydrogen) atoms. The lowest BCUT2D eigenvalue weighted by atomic mass is 10.4. The summed E-state index contributed by atoms with van der Waals surface area (Å²) in [5, 5.41) is 7.95. The maximum atomic E-state index is 11.3. The van der Waals surface area contributed by atoms with Gasteiger partial charge in [-0.15, -0.1) is 0 Å². The van der Waals surface area contributed by atoms with Crippen LogP contribution in [0.4, 0.5) is 0 Å². The van der Waals surface area contributed by atoms with Crippen molar-refractivity contribution in [3.8, 4) is 6.07 Å². The Kier molecular flexibility index (Phi) is 4.91. The van der Waals surface area contributed by atoms with Gasteiger partial charge in [-0.2, -0.15) is 5.26 Å². The topological polar surface area (TPSA) is 57.9 Å². The quantitative estimate of drug-likeness (QED) is 0.616. The van der Waals surface area contributed by atoms with Crippen molar-refractivity contribution in [2.45, 2.75) is 38.4 Å². The molecule has 0 rings (SSSR count). The minimum atomic E-state index is -2.93. The molecule has 0 aliphatic carbocycles. The molecule has 0 aromatic carbocycles. The van der Waals surface area contributed by atoms with Crippen LogP contribution in [0.1, 0.15) is 33.1 Å². The first kappa shape index (κ1) is 11.4. The smallest absolute Gasteiger partial charge is 0.152 e. The van der Waals surface area contributed by atoms with E-state index in [1.807, 2.05) is 13.0 Å². The lowest BCUT2D eigenvalue weighted by Crippen LogP contribution is -2.19. The molecule has 0 amide bonds. The molecule has 1 atom stereocenters. The highest BCUT2D eigenvalue weighted by Gasteiger charge is 2.17. The van der Waals surface area contributed by atoms with Crippen molar-refractivity contribution in [3.63, 3.8) is 0 Å². The van der Waals surface area contributed by atoms with Crippen LogP contribution >= 0.6 is 0 Å². The summed E-state index contributed by atoms with van der Waals surface area (Å²) in [6.07, 6.45) is 1.44. The molecule has 0 saturated carbocycles. The molecule has 0 aliphatic rings. The van der Waals surface area contributed by atoms with E-state index in [9.17, 15) is 8.42 Å². The maximum Gasteiger partial charge on any atom is 0.152 e. The molecule has 0 aliphatic heterocycles. The van der Waals surface area contributed by atoms with E-state index in [2.05, 4.69) is 0 Å². The Labute approximate surface area is 74.3 Å². The number of sulfone groups is 1. The van der Waals surface area contributed by atoms with Crippen molar-refractivity contribution < 1.29 is 8.42 Å². The van der Waals surface area contributed by atoms with Gasteiger partial charge in [-0.25, -0.2) is 8.42 Å². The maximum absolute atomic E-state index is 11.3. The normalized spacial score (nSPS) is 13.8. The van der Waals surface area contributed by atoms with Crippen LogP contribution in [0.25, 0.3) is 0 Å². The van der Waals surface area contributed by atoms with Crippen LogP contribution in [0.5, 0.6) is 0 Å². The summed E-state index contributed by atoms with van der Waals surface area (Å²) < 4.78 is 22.7. The van der Waals surface area contributed by atoms with Crippen LogP contribution in [0, 0.1) is 11.3 Å². The van der Waals surface area contributed by atoms with Crippen LogP contribution in [0.3, 0.4) is 0 Å². The molecule has 0 heterocycles. The Morgan fingerprint density at radius 1 is 1.50 bits per heavy atom. The highest BCUT2D eigenvalue weighted by Crippen LogP contribution is 2.07. The van der Waals surface area contributed by atoms with E-state index in [0.29, 0.717) is 19.3 Å². The second-order valence-corrected chi connectivity index (χ2v) is 5.39. The van der Waals surface area contributed by atoms with Gasteiger partial charge in [0.25, 0.3) is 0 Å². The second kappa shape index (κ2) is 5.15. The molecule has 0 fully saturated rings. The molecule has 0 radical (unpaired) electrons. The Hall–Kier alpha value is -0.560. The number of unbranched alkanes of at least 4 members (excludes halogenated alkanes) is 1. The van der Waals surface area contributed by atoms with Gasteiger partial charge in [0.1, 0.15) is 0 Å². The molecule has 0 bridgehead atoms. The Bertz CT molecular complexity index is 251. The van der Waals surface area contributed by atoms with E-state index in [-0.39, 0.29) is 11.0 Å². The molecule has 3 nitrogen and oxygen atoms in total. The largest absolute Gasteiger partial charge is 0.229 e. The van der Waals surface area contributed by atoms with Gasteiger partial charge in [-0.1, -0.05) is 6.92 Å². The Balaban J connectivity index is 3.99. The van der Waals surface area contributed by atoms with E-state index < -0.39 is 9.84 Å². The Morgan fingerprint density at radius 2 is 2.08 bits per heavy atom. The van der Waals surface area contributed by atoms with E-state index in [4.69, 9.17) is 5.26 Å². The van der Waals surface area contributed by atoms with Crippen molar-refractivity contribution in [1.29, 1.82) is 5.26 Å². The molecule has 4 heteroatoms. The zero-order valence-corrected chi connectivity index (χ0v) is 8.39. The molecule has 0 aromatic heterocycles. The van der Waals surface area contributed by atoms with Crippen molar-refractivity contribution in [1.82, 2.24) is 0 Å². The third kappa shape index (κ3) is 3.72. The van der Waals surface area contributed by atoms with Crippen LogP contribution in [0.2, 0.25) is 0 Å². The predicted molar refractivity (Wildman–Crippen MR) is 48.4 cm³/mol. The van der Waals surface area contributed by atoms with Gasteiger partial charge in [0.2, 0.25) is 0 Å². The summed E-state index contributed by atoms with van der Waals surface area (Å²) >= 11 is 0. The minimum Gasteiger partial charge on any atom is -0.229 e. The molecular weight excluding hydrogens is 174 g/mol. The lowest BCUT2D eigenvalue weighted by Gasteiger charge is -2.08. The van der Waals surface area contributed by atoms with Crippen LogP contribution < -0.4 is 0 Å². The molecular formula is C8H15NO2S. The first-order valence-corrected chi connectivity index (χ1v) is 5.84. The first-order chi connectivity index (χ1) is 5.54. The second-order valence-electron chi connectivity index (χ2n) is 2.85. The van der Waals surface area contributed by atoms with E-state index in [1.54, 1.807) is 6.92 Å². The van der Waals surface area contributed by atoms with Crippen LogP contribution in [-0.2, 0) is 9.84 Å². The summed E-state index contributed by atoms with van der Waals surface area (Å²) in [5.41, 5.74) is 0. The highest BCUT2D eigenvalue weighted by atomic mass is 32.2. The molecule has 0 spiro atoms. The molecule has 0 saturated heterocycles. The number of hydrogen-bond donors (Lipinski definition) is 0. The van der Waals surface area contributed by atoms with Gasteiger partial charge in [-0.05, 0) is 19.8 Å². The van der Waals surface area contributed by atoms with Crippen molar-refractivity contribution >= 4 is 9.84 Å². The Morgan fingerprint density at radius 3 is 2.50 bits per heavy atom. The molecule has 1 unspecified atom stereocenters. The van der Waals surface area contributed by atoms with Gasteiger partial charge in [0.05, 0.1) is 17.1 Å². The summed E-state index contributed by atoms with van der Waals surface area (Å²) in [6.45, 7) is 3.56. The lowest BCUT2D eigenvalue weighted by molar-refractivity contribution is 0.578. The molecule has 70 valence electrons. The average Bonchev–Trinajstić information content (AvgIpc) is 2.03. The van der Waals surface area contributed by atoms with Crippen LogP contribution in [-0.4, -0.2) is 19.4 Å². The number of hydrogen-bond acceptors (Lipinski definition) is 3. The monoisotopic (exact) mass is 189 g/mol. The van der Waals surface area contributed by atoms with Crippen LogP contribution in [0.15, 0.2) is 0 Å². The minimum absolute atomic E-state index is 0.148. The van der Waals surface area contributed by atoms with Crippen molar-refractivity contribution in [2.75, 3.05) is 5.75 Å². The standard InChI is InChI=1S/C8H15NO2S/c1-3-8(2)12(10,11)7-5-4-6-9/h8H,3-5,7H2,1-2H3. The van der Waals surface area contributed by atoms with Gasteiger partial charge in [0, 0.05) is 6.42 Å². The number of nitrogens with zero attached hydrogens (tertiary/aromatic N) is 1. The first-order valence-electron chi connectivity index (χ1n) is 4.13. The zero-order chi connectivity index (χ0) is 9.61. The predicted octanol–water partition coefficient (Wildman–Crippen LogP) is 1.50. The van der Waals surface area contributed by atoms with E-state index in [0.717, 1.165) is 0 Å². The molecule has 0 aromatic rings. The summed E-state index contributed by atoms with van der Waals surface area (Å²) in [7, 11) is -2.93. The SMILES string of the molecule is CCC(C)S(=O)(=O)CCCC#N. The summed E-state index contributed by atoms with van der Waals surface area (Å²) in [5.74, 6) is 0.148. The van der Waals surface area contributed by atoms with E-state index >= 15 is 0 Å². The highest BCUT2D eigenvalue weighted by molar-refractivity contribution is 7.91. The molecule has 0 N–H and O–H groups in total. The van der Waals surface area contributed by atoms with Gasteiger partial charge in [0.15, 0.2) is 9.84 Å². The summed E-state index contributed by atoms with van der Waals surface area (Å²) in [4.78, 5) is 0. The average molecular weight is 189 g/mol. The van der Waals surface area contributed by atoms with Gasteiger partial charge in [-0.3, -0.25) is 0 Å². The summed E-state index contributed by atoms with van der Waals surface area (Å²) in [6, 6.07) is 1.93. The number of nitriles is 1. The third-order valence-electron chi connectivity index (χ3n) is 1.91.